The Morgan fingerprint density at radius 1 is 1.21 bits per heavy atom. The fourth-order valence-corrected chi connectivity index (χ4v) is 4.47. The van der Waals surface area contributed by atoms with Crippen LogP contribution in [0.1, 0.15) is 24.5 Å². The highest BCUT2D eigenvalue weighted by Crippen LogP contribution is 2.33. The molecule has 29 heavy (non-hydrogen) atoms. The van der Waals surface area contributed by atoms with Crippen molar-refractivity contribution >= 4 is 75.1 Å². The predicted octanol–water partition coefficient (Wildman–Crippen LogP) is 5.79. The molecule has 150 valence electrons. The molecule has 2 aromatic carbocycles. The lowest BCUT2D eigenvalue weighted by Crippen LogP contribution is -2.31. The van der Waals surface area contributed by atoms with E-state index >= 15 is 0 Å². The van der Waals surface area contributed by atoms with Crippen LogP contribution in [-0.2, 0) is 16.0 Å². The Balaban J connectivity index is 1.60. The zero-order valence-electron chi connectivity index (χ0n) is 15.6. The second-order valence-corrected chi connectivity index (χ2v) is 8.87. The fourth-order valence-electron chi connectivity index (χ4n) is 2.71. The van der Waals surface area contributed by atoms with E-state index in [1.807, 2.05) is 30.3 Å². The molecule has 0 unspecified atom stereocenters. The Labute approximate surface area is 189 Å². The lowest BCUT2D eigenvalue weighted by Gasteiger charge is -2.14. The van der Waals surface area contributed by atoms with Crippen LogP contribution < -0.4 is 5.32 Å². The van der Waals surface area contributed by atoms with Crippen molar-refractivity contribution in [2.45, 2.75) is 19.8 Å². The number of halogens is 2. The minimum absolute atomic E-state index is 0.101. The van der Waals surface area contributed by atoms with Gasteiger partial charge in [-0.05, 0) is 41.8 Å². The number of hydrogen-bond acceptors (Lipinski definition) is 4. The van der Waals surface area contributed by atoms with Gasteiger partial charge in [-0.3, -0.25) is 14.5 Å². The number of thiocarbonyl (C=S) groups is 1. The number of carbonyl (C=O) groups is 2. The molecule has 2 aromatic rings. The molecule has 1 heterocycles. The van der Waals surface area contributed by atoms with Gasteiger partial charge in [0.25, 0.3) is 5.91 Å². The van der Waals surface area contributed by atoms with Gasteiger partial charge in [-0.2, -0.15) is 0 Å². The highest BCUT2D eigenvalue weighted by molar-refractivity contribution is 8.26. The van der Waals surface area contributed by atoms with Crippen LogP contribution in [0.25, 0.3) is 6.08 Å². The molecule has 0 radical (unpaired) electrons. The highest BCUT2D eigenvalue weighted by atomic mass is 35.5. The van der Waals surface area contributed by atoms with Gasteiger partial charge < -0.3 is 5.32 Å². The number of aryl methyl sites for hydroxylation is 1. The Hall–Kier alpha value is -1.86. The van der Waals surface area contributed by atoms with Crippen LogP contribution in [-0.4, -0.2) is 27.6 Å². The standard InChI is InChI=1S/C21H18Cl2N2O2S2/c1-2-13-3-5-14(6-4-13)11-18-20(27)25(21(28)29-18)10-9-19(26)24-17-8-7-15(22)12-16(17)23/h3-8,11-12H,2,9-10H2,1H3,(H,24,26). The molecule has 0 spiro atoms. The molecule has 1 saturated heterocycles. The van der Waals surface area contributed by atoms with E-state index in [9.17, 15) is 9.59 Å². The quantitative estimate of drug-likeness (QED) is 0.434. The largest absolute Gasteiger partial charge is 0.325 e. The van der Waals surface area contributed by atoms with Gasteiger partial charge in [-0.1, -0.05) is 78.4 Å². The van der Waals surface area contributed by atoms with Gasteiger partial charge in [0.05, 0.1) is 15.6 Å². The molecule has 0 saturated carbocycles. The molecule has 1 aliphatic heterocycles. The van der Waals surface area contributed by atoms with Gasteiger partial charge in [0.15, 0.2) is 0 Å². The molecule has 0 aliphatic carbocycles. The van der Waals surface area contributed by atoms with Crippen LogP contribution in [0.15, 0.2) is 47.4 Å². The molecule has 0 atom stereocenters. The van der Waals surface area contributed by atoms with Crippen molar-refractivity contribution in [3.05, 3.63) is 68.5 Å². The first-order valence-corrected chi connectivity index (χ1v) is 10.9. The molecule has 0 aromatic heterocycles. The molecule has 0 bridgehead atoms. The number of nitrogens with zero attached hydrogens (tertiary/aromatic N) is 1. The predicted molar refractivity (Wildman–Crippen MR) is 125 cm³/mol. The van der Waals surface area contributed by atoms with E-state index < -0.39 is 0 Å². The molecule has 8 heteroatoms. The number of carbonyl (C=O) groups excluding carboxylic acids is 2. The average Bonchev–Trinajstić information content (AvgIpc) is 2.96. The van der Waals surface area contributed by atoms with E-state index in [0.717, 1.165) is 12.0 Å². The van der Waals surface area contributed by atoms with E-state index in [-0.39, 0.29) is 24.8 Å². The van der Waals surface area contributed by atoms with E-state index in [4.69, 9.17) is 35.4 Å². The molecule has 1 aliphatic rings. The summed E-state index contributed by atoms with van der Waals surface area (Å²) in [5, 5.41) is 3.56. The van der Waals surface area contributed by atoms with Gasteiger partial charge in [0.2, 0.25) is 5.91 Å². The number of thioether (sulfide) groups is 1. The second kappa shape index (κ2) is 9.76. The van der Waals surface area contributed by atoms with Gasteiger partial charge in [0, 0.05) is 18.0 Å². The van der Waals surface area contributed by atoms with E-state index in [0.29, 0.717) is 25.0 Å². The summed E-state index contributed by atoms with van der Waals surface area (Å²) in [5.41, 5.74) is 2.65. The Bertz CT molecular complexity index is 991. The maximum Gasteiger partial charge on any atom is 0.266 e. The van der Waals surface area contributed by atoms with Crippen LogP contribution in [0, 0.1) is 0 Å². The van der Waals surface area contributed by atoms with Crippen LogP contribution in [0.5, 0.6) is 0 Å². The van der Waals surface area contributed by atoms with E-state index in [1.54, 1.807) is 18.2 Å². The zero-order valence-corrected chi connectivity index (χ0v) is 18.7. The molecule has 2 amide bonds. The summed E-state index contributed by atoms with van der Waals surface area (Å²) >= 11 is 18.5. The van der Waals surface area contributed by atoms with Gasteiger partial charge in [-0.25, -0.2) is 0 Å². The van der Waals surface area contributed by atoms with Crippen molar-refractivity contribution in [1.82, 2.24) is 4.90 Å². The van der Waals surface area contributed by atoms with Crippen molar-refractivity contribution in [3.8, 4) is 0 Å². The van der Waals surface area contributed by atoms with Crippen LogP contribution in [0.3, 0.4) is 0 Å². The maximum absolute atomic E-state index is 12.7. The Morgan fingerprint density at radius 2 is 1.93 bits per heavy atom. The summed E-state index contributed by atoms with van der Waals surface area (Å²) in [5.74, 6) is -0.445. The first kappa shape index (κ1) is 21.8. The lowest BCUT2D eigenvalue weighted by atomic mass is 10.1. The number of nitrogens with one attached hydrogen (secondary N) is 1. The lowest BCUT2D eigenvalue weighted by molar-refractivity contribution is -0.122. The summed E-state index contributed by atoms with van der Waals surface area (Å²) in [7, 11) is 0. The third-order valence-electron chi connectivity index (χ3n) is 4.33. The highest BCUT2D eigenvalue weighted by Gasteiger charge is 2.32. The molecule has 1 fully saturated rings. The smallest absolute Gasteiger partial charge is 0.266 e. The topological polar surface area (TPSA) is 49.4 Å². The third-order valence-corrected chi connectivity index (χ3v) is 6.25. The van der Waals surface area contributed by atoms with E-state index in [2.05, 4.69) is 12.2 Å². The van der Waals surface area contributed by atoms with E-state index in [1.165, 1.54) is 22.2 Å². The number of rotatable bonds is 6. The molecule has 4 nitrogen and oxygen atoms in total. The minimum atomic E-state index is -0.262. The summed E-state index contributed by atoms with van der Waals surface area (Å²) < 4.78 is 0.448. The third kappa shape index (κ3) is 5.60. The summed E-state index contributed by atoms with van der Waals surface area (Å²) in [6.07, 6.45) is 2.89. The van der Waals surface area contributed by atoms with Crippen molar-refractivity contribution in [2.24, 2.45) is 0 Å². The van der Waals surface area contributed by atoms with Crippen molar-refractivity contribution < 1.29 is 9.59 Å². The molecule has 3 rings (SSSR count). The van der Waals surface area contributed by atoms with Crippen LogP contribution >= 0.6 is 47.2 Å². The maximum atomic E-state index is 12.7. The fraction of sp³-hybridized carbons (Fsp3) is 0.190. The Kier molecular flexibility index (Phi) is 7.35. The van der Waals surface area contributed by atoms with Crippen LogP contribution in [0.2, 0.25) is 10.0 Å². The zero-order chi connectivity index (χ0) is 21.0. The first-order valence-electron chi connectivity index (χ1n) is 8.96. The average molecular weight is 465 g/mol. The number of benzene rings is 2. The first-order chi connectivity index (χ1) is 13.9. The minimum Gasteiger partial charge on any atom is -0.325 e. The number of hydrogen-bond donors (Lipinski definition) is 1. The summed E-state index contributed by atoms with van der Waals surface area (Å²) in [4.78, 5) is 26.9. The normalized spacial score (nSPS) is 15.3. The monoisotopic (exact) mass is 464 g/mol. The number of amides is 2. The van der Waals surface area contributed by atoms with Crippen molar-refractivity contribution in [2.75, 3.05) is 11.9 Å². The van der Waals surface area contributed by atoms with Crippen LogP contribution in [0.4, 0.5) is 5.69 Å². The van der Waals surface area contributed by atoms with Gasteiger partial charge in [0.1, 0.15) is 4.32 Å². The SMILES string of the molecule is CCc1ccc(C=C2SC(=S)N(CCC(=O)Nc3ccc(Cl)cc3Cl)C2=O)cc1. The Morgan fingerprint density at radius 3 is 2.59 bits per heavy atom. The molecular weight excluding hydrogens is 447 g/mol. The summed E-state index contributed by atoms with van der Waals surface area (Å²) in [6, 6.07) is 12.9. The van der Waals surface area contributed by atoms with Gasteiger partial charge >= 0.3 is 0 Å². The molecular formula is C21H18Cl2N2O2S2. The van der Waals surface area contributed by atoms with Crippen molar-refractivity contribution in [1.29, 1.82) is 0 Å². The number of anilines is 1. The van der Waals surface area contributed by atoms with Crippen molar-refractivity contribution in [3.63, 3.8) is 0 Å². The molecule has 1 N–H and O–H groups in total. The summed E-state index contributed by atoms with van der Waals surface area (Å²) in [6.45, 7) is 2.30. The second-order valence-electron chi connectivity index (χ2n) is 6.35. The van der Waals surface area contributed by atoms with Gasteiger partial charge in [-0.15, -0.1) is 0 Å².